The molecule has 0 bridgehead atoms. The Bertz CT molecular complexity index is 572. The molecule has 0 spiro atoms. The Morgan fingerprint density at radius 2 is 1.67 bits per heavy atom. The van der Waals surface area contributed by atoms with Gasteiger partial charge in [0, 0.05) is 23.9 Å². The summed E-state index contributed by atoms with van der Waals surface area (Å²) in [7, 11) is 0. The third-order valence-corrected chi connectivity index (χ3v) is 2.79. The number of hydrogen-bond acceptors (Lipinski definition) is 2. The van der Waals surface area contributed by atoms with Crippen molar-refractivity contribution in [1.82, 2.24) is 0 Å². The van der Waals surface area contributed by atoms with Crippen LogP contribution in [0, 0.1) is 0 Å². The lowest BCUT2D eigenvalue weighted by Crippen LogP contribution is -2.03. The van der Waals surface area contributed by atoms with Gasteiger partial charge in [-0.1, -0.05) is 30.3 Å². The minimum Gasteiger partial charge on any atom is -0.435 e. The summed E-state index contributed by atoms with van der Waals surface area (Å²) in [5, 5.41) is 3.01. The van der Waals surface area contributed by atoms with Gasteiger partial charge < -0.3 is 10.1 Å². The predicted molar refractivity (Wildman–Crippen MR) is 71.8 cm³/mol. The third kappa shape index (κ3) is 4.66. The normalized spacial score (nSPS) is 11.0. The zero-order valence-corrected chi connectivity index (χ0v) is 10.9. The van der Waals surface area contributed by atoms with Crippen LogP contribution in [0.2, 0.25) is 0 Å². The van der Waals surface area contributed by atoms with Gasteiger partial charge in [-0.15, -0.1) is 0 Å². The molecule has 0 fully saturated rings. The molecular weight excluding hydrogens is 286 g/mol. The van der Waals surface area contributed by atoms with E-state index in [1.807, 2.05) is 0 Å². The largest absolute Gasteiger partial charge is 0.435 e. The second-order valence-electron chi connectivity index (χ2n) is 4.30. The van der Waals surface area contributed by atoms with Gasteiger partial charge >= 0.3 is 6.61 Å². The number of ether oxygens (including phenoxy) is 1. The Balaban J connectivity index is 1.96. The van der Waals surface area contributed by atoms with Gasteiger partial charge in [-0.2, -0.15) is 8.78 Å². The second kappa shape index (κ2) is 6.97. The fourth-order valence-corrected chi connectivity index (χ4v) is 1.77. The van der Waals surface area contributed by atoms with Crippen LogP contribution in [0.25, 0.3) is 0 Å². The second-order valence-corrected chi connectivity index (χ2v) is 4.30. The predicted octanol–water partition coefficient (Wildman–Crippen LogP) is 4.84. The molecule has 112 valence electrons. The number of benzene rings is 2. The first-order chi connectivity index (χ1) is 10.0. The molecule has 0 aliphatic rings. The highest BCUT2D eigenvalue weighted by molar-refractivity contribution is 5.48. The topological polar surface area (TPSA) is 21.3 Å². The van der Waals surface area contributed by atoms with Crippen LogP contribution in [0.5, 0.6) is 5.75 Å². The molecule has 2 aromatic carbocycles. The van der Waals surface area contributed by atoms with Crippen molar-refractivity contribution < 1.29 is 22.3 Å². The van der Waals surface area contributed by atoms with Gasteiger partial charge in [0.25, 0.3) is 6.43 Å². The molecule has 0 heterocycles. The van der Waals surface area contributed by atoms with Crippen LogP contribution in [0.3, 0.4) is 0 Å². The number of hydrogen-bond donors (Lipinski definition) is 1. The summed E-state index contributed by atoms with van der Waals surface area (Å²) < 4.78 is 53.3. The molecule has 1 N–H and O–H groups in total. The van der Waals surface area contributed by atoms with Crippen molar-refractivity contribution in [3.05, 3.63) is 59.7 Å². The summed E-state index contributed by atoms with van der Waals surface area (Å²) in [4.78, 5) is 0. The van der Waals surface area contributed by atoms with Crippen LogP contribution in [-0.2, 0) is 6.54 Å². The summed E-state index contributed by atoms with van der Waals surface area (Å²) in [6.07, 6.45) is -2.49. The van der Waals surface area contributed by atoms with E-state index in [9.17, 15) is 17.6 Å². The average molecular weight is 299 g/mol. The Morgan fingerprint density at radius 1 is 0.952 bits per heavy atom. The molecule has 0 amide bonds. The van der Waals surface area contributed by atoms with Crippen LogP contribution in [0.1, 0.15) is 17.6 Å². The fourth-order valence-electron chi connectivity index (χ4n) is 1.77. The molecular formula is C15H13F4NO. The molecule has 2 nitrogen and oxygen atoms in total. The van der Waals surface area contributed by atoms with Gasteiger partial charge in [0.1, 0.15) is 5.75 Å². The molecule has 0 aliphatic heterocycles. The minimum absolute atomic E-state index is 0.0360. The molecule has 0 aliphatic carbocycles. The van der Waals surface area contributed by atoms with Gasteiger partial charge in [0.05, 0.1) is 0 Å². The van der Waals surface area contributed by atoms with Gasteiger partial charge in [-0.05, 0) is 17.7 Å². The van der Waals surface area contributed by atoms with E-state index in [1.165, 1.54) is 24.3 Å². The SMILES string of the molecule is FC(F)Oc1cccc(NCc2ccc(C(F)F)cc2)c1. The van der Waals surface area contributed by atoms with E-state index in [4.69, 9.17) is 0 Å². The molecule has 21 heavy (non-hydrogen) atoms. The first-order valence-corrected chi connectivity index (χ1v) is 6.20. The molecule has 0 saturated carbocycles. The average Bonchev–Trinajstić information content (AvgIpc) is 2.45. The van der Waals surface area contributed by atoms with Crippen molar-refractivity contribution in [3.8, 4) is 5.75 Å². The molecule has 0 aromatic heterocycles. The number of halogens is 4. The van der Waals surface area contributed by atoms with E-state index in [-0.39, 0.29) is 11.3 Å². The number of alkyl halides is 4. The zero-order chi connectivity index (χ0) is 15.2. The lowest BCUT2D eigenvalue weighted by molar-refractivity contribution is -0.0498. The quantitative estimate of drug-likeness (QED) is 0.771. The lowest BCUT2D eigenvalue weighted by atomic mass is 10.1. The summed E-state index contributed by atoms with van der Waals surface area (Å²) in [6.45, 7) is -2.48. The Kier molecular flexibility index (Phi) is 5.03. The maximum absolute atomic E-state index is 12.4. The Hall–Kier alpha value is -2.24. The molecule has 0 unspecified atom stereocenters. The van der Waals surface area contributed by atoms with Crippen molar-refractivity contribution in [2.45, 2.75) is 19.6 Å². The highest BCUT2D eigenvalue weighted by Gasteiger charge is 2.06. The van der Waals surface area contributed by atoms with Gasteiger partial charge in [-0.25, -0.2) is 8.78 Å². The molecule has 2 aromatic rings. The van der Waals surface area contributed by atoms with Crippen molar-refractivity contribution in [2.75, 3.05) is 5.32 Å². The Morgan fingerprint density at radius 3 is 2.29 bits per heavy atom. The fraction of sp³-hybridized carbons (Fsp3) is 0.200. The van der Waals surface area contributed by atoms with Crippen LogP contribution in [0.15, 0.2) is 48.5 Å². The maximum atomic E-state index is 12.4. The van der Waals surface area contributed by atoms with Gasteiger partial charge in [-0.3, -0.25) is 0 Å². The van der Waals surface area contributed by atoms with Crippen LogP contribution in [-0.4, -0.2) is 6.61 Å². The van der Waals surface area contributed by atoms with E-state index in [1.54, 1.807) is 24.3 Å². The van der Waals surface area contributed by atoms with Crippen molar-refractivity contribution >= 4 is 5.69 Å². The highest BCUT2D eigenvalue weighted by atomic mass is 19.3. The lowest BCUT2D eigenvalue weighted by Gasteiger charge is -2.10. The van der Waals surface area contributed by atoms with Gasteiger partial charge in [0.2, 0.25) is 0 Å². The van der Waals surface area contributed by atoms with Crippen molar-refractivity contribution in [2.24, 2.45) is 0 Å². The van der Waals surface area contributed by atoms with E-state index in [0.29, 0.717) is 12.2 Å². The summed E-state index contributed by atoms with van der Waals surface area (Å²) in [5.41, 5.74) is 1.37. The maximum Gasteiger partial charge on any atom is 0.387 e. The van der Waals surface area contributed by atoms with E-state index < -0.39 is 13.0 Å². The molecule has 2 rings (SSSR count). The first-order valence-electron chi connectivity index (χ1n) is 6.20. The van der Waals surface area contributed by atoms with Crippen LogP contribution < -0.4 is 10.1 Å². The van der Waals surface area contributed by atoms with Crippen molar-refractivity contribution in [1.29, 1.82) is 0 Å². The van der Waals surface area contributed by atoms with E-state index in [2.05, 4.69) is 10.1 Å². The first kappa shape index (κ1) is 15.2. The molecule has 0 atom stereocenters. The highest BCUT2D eigenvalue weighted by Crippen LogP contribution is 2.21. The van der Waals surface area contributed by atoms with Crippen LogP contribution in [0.4, 0.5) is 23.2 Å². The summed E-state index contributed by atoms with van der Waals surface area (Å²) in [5.74, 6) is 0.0584. The summed E-state index contributed by atoms with van der Waals surface area (Å²) >= 11 is 0. The standard InChI is InChI=1S/C15H13F4NO/c16-14(17)11-6-4-10(5-7-11)9-20-12-2-1-3-13(8-12)21-15(18)19/h1-8,14-15,20H,9H2. The number of rotatable bonds is 6. The minimum atomic E-state index is -2.87. The van der Waals surface area contributed by atoms with E-state index in [0.717, 1.165) is 5.56 Å². The molecule has 0 radical (unpaired) electrons. The molecule has 6 heteroatoms. The van der Waals surface area contributed by atoms with E-state index >= 15 is 0 Å². The van der Waals surface area contributed by atoms with Crippen molar-refractivity contribution in [3.63, 3.8) is 0 Å². The van der Waals surface area contributed by atoms with Crippen LogP contribution >= 0.6 is 0 Å². The summed E-state index contributed by atoms with van der Waals surface area (Å²) in [6, 6.07) is 12.1. The number of anilines is 1. The monoisotopic (exact) mass is 299 g/mol. The number of nitrogens with one attached hydrogen (secondary N) is 1. The zero-order valence-electron chi connectivity index (χ0n) is 10.9. The van der Waals surface area contributed by atoms with Gasteiger partial charge in [0.15, 0.2) is 0 Å². The smallest absolute Gasteiger partial charge is 0.387 e. The Labute approximate surface area is 119 Å². The molecule has 0 saturated heterocycles. The third-order valence-electron chi connectivity index (χ3n) is 2.79.